The van der Waals surface area contributed by atoms with E-state index >= 15 is 4.39 Å². The predicted octanol–water partition coefficient (Wildman–Crippen LogP) is 3.56. The lowest BCUT2D eigenvalue weighted by Gasteiger charge is -2.40. The lowest BCUT2D eigenvalue weighted by Crippen LogP contribution is -2.49. The SMILES string of the molecule is COCCn1c(C)cc(O)c([C@H](c2ccccc2F)N2CCN(c3ccccc3)CC2)c1=O. The highest BCUT2D eigenvalue weighted by molar-refractivity contribution is 5.47. The van der Waals surface area contributed by atoms with Crippen molar-refractivity contribution in [2.45, 2.75) is 19.5 Å². The minimum absolute atomic E-state index is 0.107. The molecule has 4 rings (SSSR count). The number of aromatic hydroxyl groups is 1. The maximum Gasteiger partial charge on any atom is 0.259 e. The molecule has 0 radical (unpaired) electrons. The summed E-state index contributed by atoms with van der Waals surface area (Å²) in [5, 5.41) is 10.9. The molecule has 0 spiro atoms. The van der Waals surface area contributed by atoms with E-state index < -0.39 is 11.9 Å². The van der Waals surface area contributed by atoms with Crippen LogP contribution in [-0.2, 0) is 11.3 Å². The van der Waals surface area contributed by atoms with Crippen LogP contribution in [0.1, 0.15) is 22.9 Å². The Morgan fingerprint density at radius 2 is 1.70 bits per heavy atom. The lowest BCUT2D eigenvalue weighted by atomic mass is 9.95. The van der Waals surface area contributed by atoms with E-state index in [-0.39, 0.29) is 16.9 Å². The number of hydrogen-bond acceptors (Lipinski definition) is 5. The van der Waals surface area contributed by atoms with E-state index in [9.17, 15) is 9.90 Å². The van der Waals surface area contributed by atoms with Crippen LogP contribution in [0.15, 0.2) is 65.5 Å². The van der Waals surface area contributed by atoms with Gasteiger partial charge < -0.3 is 19.3 Å². The maximum absolute atomic E-state index is 15.0. The highest BCUT2D eigenvalue weighted by atomic mass is 19.1. The summed E-state index contributed by atoms with van der Waals surface area (Å²) in [6, 6.07) is 17.5. The molecule has 0 unspecified atom stereocenters. The number of benzene rings is 2. The molecule has 1 aliphatic rings. The number of halogens is 1. The topological polar surface area (TPSA) is 57.9 Å². The first-order valence-electron chi connectivity index (χ1n) is 11.2. The number of para-hydroxylation sites is 1. The molecule has 3 aromatic rings. The zero-order valence-electron chi connectivity index (χ0n) is 19.1. The lowest BCUT2D eigenvalue weighted by molar-refractivity contribution is 0.183. The number of methoxy groups -OCH3 is 1. The first-order valence-corrected chi connectivity index (χ1v) is 11.2. The third kappa shape index (κ3) is 4.79. The maximum atomic E-state index is 15.0. The van der Waals surface area contributed by atoms with E-state index in [1.54, 1.807) is 42.9 Å². The van der Waals surface area contributed by atoms with Gasteiger partial charge >= 0.3 is 0 Å². The normalized spacial score (nSPS) is 15.5. The minimum Gasteiger partial charge on any atom is -0.507 e. The quantitative estimate of drug-likeness (QED) is 0.595. The summed E-state index contributed by atoms with van der Waals surface area (Å²) in [6.45, 7) is 5.22. The predicted molar refractivity (Wildman–Crippen MR) is 127 cm³/mol. The Labute approximate surface area is 193 Å². The summed E-state index contributed by atoms with van der Waals surface area (Å²) in [5.41, 5.74) is 2.05. The smallest absolute Gasteiger partial charge is 0.259 e. The van der Waals surface area contributed by atoms with E-state index in [2.05, 4.69) is 21.9 Å². The first-order chi connectivity index (χ1) is 16.0. The van der Waals surface area contributed by atoms with E-state index in [0.29, 0.717) is 37.5 Å². The monoisotopic (exact) mass is 451 g/mol. The molecular formula is C26H30FN3O3. The second kappa shape index (κ2) is 10.2. The average Bonchev–Trinajstić information content (AvgIpc) is 2.83. The molecule has 0 amide bonds. The van der Waals surface area contributed by atoms with Crippen LogP contribution in [0.4, 0.5) is 10.1 Å². The van der Waals surface area contributed by atoms with Gasteiger partial charge in [-0.3, -0.25) is 9.69 Å². The van der Waals surface area contributed by atoms with E-state index in [0.717, 1.165) is 18.8 Å². The second-order valence-corrected chi connectivity index (χ2v) is 8.32. The Kier molecular flexibility index (Phi) is 7.11. The molecule has 1 aliphatic heterocycles. The summed E-state index contributed by atoms with van der Waals surface area (Å²) in [4.78, 5) is 17.9. The number of rotatable bonds is 7. The molecule has 1 fully saturated rings. The van der Waals surface area contributed by atoms with Crippen molar-refractivity contribution in [1.82, 2.24) is 9.47 Å². The van der Waals surface area contributed by atoms with Crippen LogP contribution in [-0.4, -0.2) is 54.5 Å². The Hall–Kier alpha value is -3.16. The molecular weight excluding hydrogens is 421 g/mol. The molecule has 0 saturated carbocycles. The van der Waals surface area contributed by atoms with E-state index in [4.69, 9.17) is 4.74 Å². The summed E-state index contributed by atoms with van der Waals surface area (Å²) in [5.74, 6) is -0.499. The van der Waals surface area contributed by atoms with Gasteiger partial charge in [-0.25, -0.2) is 4.39 Å². The number of nitrogens with zero attached hydrogens (tertiary/aromatic N) is 3. The molecule has 0 bridgehead atoms. The number of aryl methyl sites for hydroxylation is 1. The van der Waals surface area contributed by atoms with Gasteiger partial charge in [-0.05, 0) is 31.2 Å². The molecule has 2 heterocycles. The van der Waals surface area contributed by atoms with Crippen molar-refractivity contribution in [2.24, 2.45) is 0 Å². The molecule has 7 heteroatoms. The van der Waals surface area contributed by atoms with E-state index in [1.807, 2.05) is 18.2 Å². The number of ether oxygens (including phenoxy) is 1. The van der Waals surface area contributed by atoms with Crippen LogP contribution in [0.25, 0.3) is 0 Å². The number of piperazine rings is 1. The van der Waals surface area contributed by atoms with Crippen molar-refractivity contribution in [1.29, 1.82) is 0 Å². The largest absolute Gasteiger partial charge is 0.507 e. The fraction of sp³-hybridized carbons (Fsp3) is 0.346. The van der Waals surface area contributed by atoms with Crippen molar-refractivity contribution in [2.75, 3.05) is 44.8 Å². The molecule has 2 aromatic carbocycles. The van der Waals surface area contributed by atoms with Crippen LogP contribution >= 0.6 is 0 Å². The van der Waals surface area contributed by atoms with Crippen molar-refractivity contribution in [3.8, 4) is 5.75 Å². The van der Waals surface area contributed by atoms with Gasteiger partial charge in [0.25, 0.3) is 5.56 Å². The highest BCUT2D eigenvalue weighted by Gasteiger charge is 2.33. The van der Waals surface area contributed by atoms with Gasteiger partial charge in [-0.2, -0.15) is 0 Å². The zero-order chi connectivity index (χ0) is 23.4. The summed E-state index contributed by atoms with van der Waals surface area (Å²) in [7, 11) is 1.58. The van der Waals surface area contributed by atoms with Crippen LogP contribution in [0.2, 0.25) is 0 Å². The zero-order valence-corrected chi connectivity index (χ0v) is 19.1. The number of pyridine rings is 1. The average molecular weight is 452 g/mol. The molecule has 1 atom stereocenters. The van der Waals surface area contributed by atoms with Gasteiger partial charge in [0.05, 0.1) is 18.2 Å². The standard InChI is InChI=1S/C26H30FN3O3/c1-19-18-23(31)24(26(32)30(19)16-17-33-2)25(21-10-6-7-11-22(21)27)29-14-12-28(13-15-29)20-8-4-3-5-9-20/h3-11,18,25,31H,12-17H2,1-2H3/t25-/m0/s1. The molecule has 33 heavy (non-hydrogen) atoms. The fourth-order valence-corrected chi connectivity index (χ4v) is 4.59. The molecule has 1 saturated heterocycles. The molecule has 6 nitrogen and oxygen atoms in total. The molecule has 1 N–H and O–H groups in total. The van der Waals surface area contributed by atoms with Crippen molar-refractivity contribution in [3.63, 3.8) is 0 Å². The first kappa shape index (κ1) is 23.0. The highest BCUT2D eigenvalue weighted by Crippen LogP contribution is 2.35. The Morgan fingerprint density at radius 1 is 1.03 bits per heavy atom. The van der Waals surface area contributed by atoms with Gasteiger partial charge in [-0.15, -0.1) is 0 Å². The number of aromatic nitrogens is 1. The van der Waals surface area contributed by atoms with Crippen LogP contribution < -0.4 is 10.5 Å². The molecule has 1 aromatic heterocycles. The van der Waals surface area contributed by atoms with Gasteiger partial charge in [0.1, 0.15) is 11.6 Å². The Morgan fingerprint density at radius 3 is 2.36 bits per heavy atom. The van der Waals surface area contributed by atoms with Gasteiger partial charge in [0.2, 0.25) is 0 Å². The molecule has 0 aliphatic carbocycles. The van der Waals surface area contributed by atoms with E-state index in [1.165, 1.54) is 6.07 Å². The van der Waals surface area contributed by atoms with Crippen molar-refractivity contribution >= 4 is 5.69 Å². The summed E-state index contributed by atoms with van der Waals surface area (Å²) in [6.07, 6.45) is 0. The van der Waals surface area contributed by atoms with Crippen molar-refractivity contribution in [3.05, 3.63) is 93.7 Å². The Balaban J connectivity index is 1.74. The summed E-state index contributed by atoms with van der Waals surface area (Å²) >= 11 is 0. The van der Waals surface area contributed by atoms with Crippen LogP contribution in [0.3, 0.4) is 0 Å². The number of hydrogen-bond donors (Lipinski definition) is 1. The minimum atomic E-state index is -0.689. The van der Waals surface area contributed by atoms with Crippen LogP contribution in [0, 0.1) is 12.7 Å². The van der Waals surface area contributed by atoms with Gasteiger partial charge in [-0.1, -0.05) is 36.4 Å². The van der Waals surface area contributed by atoms with Gasteiger partial charge in [0.15, 0.2) is 0 Å². The fourth-order valence-electron chi connectivity index (χ4n) is 4.59. The summed E-state index contributed by atoms with van der Waals surface area (Å²) < 4.78 is 21.8. The third-order valence-electron chi connectivity index (χ3n) is 6.32. The second-order valence-electron chi connectivity index (χ2n) is 8.32. The van der Waals surface area contributed by atoms with Crippen molar-refractivity contribution < 1.29 is 14.2 Å². The van der Waals surface area contributed by atoms with Crippen LogP contribution in [0.5, 0.6) is 5.75 Å². The third-order valence-corrected chi connectivity index (χ3v) is 6.32. The molecule has 174 valence electrons. The number of anilines is 1. The Bertz CT molecular complexity index is 1140. The van der Waals surface area contributed by atoms with Gasteiger partial charge in [0, 0.05) is 56.8 Å².